The Morgan fingerprint density at radius 3 is 2.57 bits per heavy atom. The molecule has 0 saturated heterocycles. The first-order chi connectivity index (χ1) is 6.61. The third-order valence-electron chi connectivity index (χ3n) is 2.42. The van der Waals surface area contributed by atoms with Gasteiger partial charge < -0.3 is 10.5 Å². The summed E-state index contributed by atoms with van der Waals surface area (Å²) in [6, 6.07) is 2.14. The molecule has 0 spiro atoms. The molecule has 0 radical (unpaired) electrons. The maximum absolute atomic E-state index is 5.55. The van der Waals surface area contributed by atoms with Gasteiger partial charge in [-0.25, -0.2) is 0 Å². The van der Waals surface area contributed by atoms with Crippen molar-refractivity contribution >= 4 is 15.9 Å². The quantitative estimate of drug-likeness (QED) is 0.904. The standard InChI is InChI=1S/C11H16BrNO/c1-7-6-9(4-5-13)11(14-3)10(12)8(7)2/h6H,4-5,13H2,1-3H3. The maximum Gasteiger partial charge on any atom is 0.136 e. The Morgan fingerprint density at radius 2 is 2.07 bits per heavy atom. The van der Waals surface area contributed by atoms with Gasteiger partial charge in [0.15, 0.2) is 0 Å². The molecule has 0 unspecified atom stereocenters. The Hall–Kier alpha value is -0.540. The first-order valence-corrected chi connectivity index (χ1v) is 5.43. The molecule has 0 fully saturated rings. The van der Waals surface area contributed by atoms with Gasteiger partial charge >= 0.3 is 0 Å². The summed E-state index contributed by atoms with van der Waals surface area (Å²) in [4.78, 5) is 0. The van der Waals surface area contributed by atoms with Gasteiger partial charge in [-0.2, -0.15) is 0 Å². The SMILES string of the molecule is COc1c(CCN)cc(C)c(C)c1Br. The number of benzene rings is 1. The summed E-state index contributed by atoms with van der Waals surface area (Å²) in [5.74, 6) is 0.915. The summed E-state index contributed by atoms with van der Waals surface area (Å²) in [5, 5.41) is 0. The molecular formula is C11H16BrNO. The van der Waals surface area contributed by atoms with Gasteiger partial charge in [0, 0.05) is 0 Å². The zero-order valence-corrected chi connectivity index (χ0v) is 10.4. The van der Waals surface area contributed by atoms with Gasteiger partial charge in [0.05, 0.1) is 11.6 Å². The van der Waals surface area contributed by atoms with Crippen LogP contribution >= 0.6 is 15.9 Å². The third-order valence-corrected chi connectivity index (χ3v) is 3.38. The van der Waals surface area contributed by atoms with Crippen molar-refractivity contribution in [2.45, 2.75) is 20.3 Å². The number of hydrogen-bond acceptors (Lipinski definition) is 2. The van der Waals surface area contributed by atoms with Gasteiger partial charge in [0.25, 0.3) is 0 Å². The predicted molar refractivity (Wildman–Crippen MR) is 62.9 cm³/mol. The van der Waals surface area contributed by atoms with Crippen molar-refractivity contribution in [1.82, 2.24) is 0 Å². The fraction of sp³-hybridized carbons (Fsp3) is 0.455. The predicted octanol–water partition coefficient (Wildman–Crippen LogP) is 2.58. The van der Waals surface area contributed by atoms with Gasteiger partial charge in [-0.1, -0.05) is 6.07 Å². The molecule has 0 saturated carbocycles. The molecule has 0 aliphatic carbocycles. The Kier molecular flexibility index (Phi) is 3.96. The van der Waals surface area contributed by atoms with Crippen molar-refractivity contribution < 1.29 is 4.74 Å². The van der Waals surface area contributed by atoms with E-state index in [0.717, 1.165) is 16.6 Å². The van der Waals surface area contributed by atoms with E-state index in [2.05, 4.69) is 35.8 Å². The number of rotatable bonds is 3. The molecule has 0 heterocycles. The lowest BCUT2D eigenvalue weighted by Crippen LogP contribution is -2.05. The lowest BCUT2D eigenvalue weighted by molar-refractivity contribution is 0.406. The van der Waals surface area contributed by atoms with Crippen molar-refractivity contribution in [3.05, 3.63) is 27.2 Å². The minimum absolute atomic E-state index is 0.644. The minimum Gasteiger partial charge on any atom is -0.495 e. The molecule has 0 aromatic heterocycles. The van der Waals surface area contributed by atoms with E-state index in [-0.39, 0.29) is 0 Å². The topological polar surface area (TPSA) is 35.2 Å². The molecule has 1 aromatic rings. The minimum atomic E-state index is 0.644. The van der Waals surface area contributed by atoms with Crippen molar-refractivity contribution in [2.24, 2.45) is 5.73 Å². The van der Waals surface area contributed by atoms with Crippen molar-refractivity contribution in [3.63, 3.8) is 0 Å². The summed E-state index contributed by atoms with van der Waals surface area (Å²) >= 11 is 3.55. The van der Waals surface area contributed by atoms with Crippen LogP contribution < -0.4 is 10.5 Å². The van der Waals surface area contributed by atoms with Crippen LogP contribution in [0.15, 0.2) is 10.5 Å². The fourth-order valence-electron chi connectivity index (χ4n) is 1.48. The molecule has 2 N–H and O–H groups in total. The Bertz CT molecular complexity index is 337. The molecule has 0 atom stereocenters. The Morgan fingerprint density at radius 1 is 1.43 bits per heavy atom. The number of ether oxygens (including phenoxy) is 1. The lowest BCUT2D eigenvalue weighted by Gasteiger charge is -2.14. The highest BCUT2D eigenvalue weighted by molar-refractivity contribution is 9.10. The highest BCUT2D eigenvalue weighted by atomic mass is 79.9. The summed E-state index contributed by atoms with van der Waals surface area (Å²) in [7, 11) is 1.69. The van der Waals surface area contributed by atoms with Crippen LogP contribution in [0.3, 0.4) is 0 Å². The van der Waals surface area contributed by atoms with Crippen LogP contribution in [0.1, 0.15) is 16.7 Å². The van der Waals surface area contributed by atoms with Crippen LogP contribution in [0.2, 0.25) is 0 Å². The van der Waals surface area contributed by atoms with Crippen LogP contribution in [0.25, 0.3) is 0 Å². The average molecular weight is 258 g/mol. The van der Waals surface area contributed by atoms with Crippen LogP contribution in [-0.4, -0.2) is 13.7 Å². The van der Waals surface area contributed by atoms with Gasteiger partial charge in [0.1, 0.15) is 5.75 Å². The number of nitrogens with two attached hydrogens (primary N) is 1. The third kappa shape index (κ3) is 2.10. The van der Waals surface area contributed by atoms with E-state index in [4.69, 9.17) is 10.5 Å². The van der Waals surface area contributed by atoms with Crippen molar-refractivity contribution in [2.75, 3.05) is 13.7 Å². The van der Waals surface area contributed by atoms with Crippen LogP contribution in [0.4, 0.5) is 0 Å². The molecule has 0 aliphatic heterocycles. The van der Waals surface area contributed by atoms with Gasteiger partial charge in [-0.3, -0.25) is 0 Å². The van der Waals surface area contributed by atoms with Crippen LogP contribution in [0, 0.1) is 13.8 Å². The number of halogens is 1. The molecule has 78 valence electrons. The van der Waals surface area contributed by atoms with E-state index in [1.165, 1.54) is 16.7 Å². The monoisotopic (exact) mass is 257 g/mol. The largest absolute Gasteiger partial charge is 0.495 e. The molecule has 0 bridgehead atoms. The van der Waals surface area contributed by atoms with Gasteiger partial charge in [-0.05, 0) is 59.4 Å². The smallest absolute Gasteiger partial charge is 0.136 e. The number of hydrogen-bond donors (Lipinski definition) is 1. The second-order valence-corrected chi connectivity index (χ2v) is 4.16. The fourth-order valence-corrected chi connectivity index (χ4v) is 2.21. The zero-order valence-electron chi connectivity index (χ0n) is 8.86. The van der Waals surface area contributed by atoms with Crippen molar-refractivity contribution in [3.8, 4) is 5.75 Å². The maximum atomic E-state index is 5.55. The first-order valence-electron chi connectivity index (χ1n) is 4.64. The van der Waals surface area contributed by atoms with Crippen LogP contribution in [-0.2, 0) is 6.42 Å². The van der Waals surface area contributed by atoms with Crippen LogP contribution in [0.5, 0.6) is 5.75 Å². The van der Waals surface area contributed by atoms with E-state index in [9.17, 15) is 0 Å². The summed E-state index contributed by atoms with van der Waals surface area (Å²) in [6.07, 6.45) is 0.850. The molecule has 2 nitrogen and oxygen atoms in total. The average Bonchev–Trinajstić information content (AvgIpc) is 2.16. The van der Waals surface area contributed by atoms with Crippen molar-refractivity contribution in [1.29, 1.82) is 0 Å². The van der Waals surface area contributed by atoms with E-state index in [1.807, 2.05) is 0 Å². The zero-order chi connectivity index (χ0) is 10.7. The second kappa shape index (κ2) is 4.80. The molecule has 1 rings (SSSR count). The summed E-state index contributed by atoms with van der Waals surface area (Å²) in [6.45, 7) is 4.82. The van der Waals surface area contributed by atoms with E-state index in [1.54, 1.807) is 7.11 Å². The summed E-state index contributed by atoms with van der Waals surface area (Å²) in [5.41, 5.74) is 9.21. The second-order valence-electron chi connectivity index (χ2n) is 3.36. The highest BCUT2D eigenvalue weighted by Crippen LogP contribution is 2.34. The van der Waals surface area contributed by atoms with Gasteiger partial charge in [0.2, 0.25) is 0 Å². The number of aryl methyl sites for hydroxylation is 1. The molecule has 3 heteroatoms. The lowest BCUT2D eigenvalue weighted by atomic mass is 10.0. The first kappa shape index (κ1) is 11.5. The number of methoxy groups -OCH3 is 1. The summed E-state index contributed by atoms with van der Waals surface area (Å²) < 4.78 is 6.41. The Labute approximate surface area is 93.6 Å². The molecule has 1 aromatic carbocycles. The van der Waals surface area contributed by atoms with E-state index in [0.29, 0.717) is 6.54 Å². The highest BCUT2D eigenvalue weighted by Gasteiger charge is 2.11. The van der Waals surface area contributed by atoms with E-state index >= 15 is 0 Å². The van der Waals surface area contributed by atoms with Gasteiger partial charge in [-0.15, -0.1) is 0 Å². The Balaban J connectivity index is 3.28. The molecule has 0 amide bonds. The van der Waals surface area contributed by atoms with E-state index < -0.39 is 0 Å². The molecule has 0 aliphatic rings. The molecular weight excluding hydrogens is 242 g/mol. The molecule has 14 heavy (non-hydrogen) atoms. The normalized spacial score (nSPS) is 10.4.